The highest BCUT2D eigenvalue weighted by atomic mass is 32.2. The number of fused-ring (bicyclic) bond motifs is 1. The predicted octanol–water partition coefficient (Wildman–Crippen LogP) is 5.77. The number of nitrogens with zero attached hydrogens (tertiary/aromatic N) is 2. The van der Waals surface area contributed by atoms with Crippen molar-refractivity contribution in [3.8, 4) is 17.6 Å². The van der Waals surface area contributed by atoms with E-state index in [1.165, 1.54) is 12.1 Å². The van der Waals surface area contributed by atoms with Crippen LogP contribution >= 0.6 is 23.5 Å². The lowest BCUT2D eigenvalue weighted by atomic mass is 9.96. The van der Waals surface area contributed by atoms with Crippen LogP contribution in [0.3, 0.4) is 0 Å². The van der Waals surface area contributed by atoms with Gasteiger partial charge in [-0.15, -0.1) is 0 Å². The van der Waals surface area contributed by atoms with E-state index in [9.17, 15) is 43.6 Å². The number of carbonyl (C=O) groups excluding carboxylic acids is 8. The minimum Gasteiger partial charge on any atom is -0.465 e. The highest BCUT2D eigenvalue weighted by molar-refractivity contribution is 8.24. The van der Waals surface area contributed by atoms with E-state index >= 15 is 0 Å². The van der Waals surface area contributed by atoms with Crippen LogP contribution < -0.4 is 9.47 Å². The predicted molar refractivity (Wildman–Crippen MR) is 214 cm³/mol. The van der Waals surface area contributed by atoms with Gasteiger partial charge in [-0.25, -0.2) is 29.3 Å². The fourth-order valence-corrected chi connectivity index (χ4v) is 6.55. The summed E-state index contributed by atoms with van der Waals surface area (Å²) < 4.78 is 50.9. The van der Waals surface area contributed by atoms with Crippen LogP contribution in [0.1, 0.15) is 53.4 Å². The van der Waals surface area contributed by atoms with Crippen LogP contribution in [0.25, 0.3) is 4.85 Å². The van der Waals surface area contributed by atoms with E-state index in [2.05, 4.69) is 18.0 Å². The van der Waals surface area contributed by atoms with Crippen molar-refractivity contribution in [2.24, 2.45) is 10.8 Å². The minimum atomic E-state index is -1.21. The van der Waals surface area contributed by atoms with E-state index in [1.807, 2.05) is 0 Å². The third-order valence-electron chi connectivity index (χ3n) is 7.22. The molecule has 20 nitrogen and oxygen atoms in total. The molecule has 1 aromatic carbocycles. The van der Waals surface area contributed by atoms with Gasteiger partial charge in [-0.2, -0.15) is 0 Å². The molecule has 0 aromatic heterocycles. The molecule has 1 aliphatic heterocycles. The summed E-state index contributed by atoms with van der Waals surface area (Å²) in [5.41, 5.74) is -1.65. The van der Waals surface area contributed by atoms with Crippen molar-refractivity contribution in [1.82, 2.24) is 0 Å². The molecular weight excluding hydrogens is 861 g/mol. The number of ether oxygens (including phenoxy) is 10. The van der Waals surface area contributed by atoms with E-state index in [0.717, 1.165) is 35.7 Å². The van der Waals surface area contributed by atoms with Crippen LogP contribution in [0.5, 0.6) is 11.5 Å². The molecule has 0 spiro atoms. The van der Waals surface area contributed by atoms with Crippen LogP contribution in [-0.2, 0) is 66.7 Å². The minimum absolute atomic E-state index is 0.0213. The second-order valence-corrected chi connectivity index (χ2v) is 16.2. The molecule has 0 aliphatic carbocycles. The number of hydrogen-bond donors (Lipinski definition) is 0. The summed E-state index contributed by atoms with van der Waals surface area (Å²) in [5, 5.41) is 9.41. The zero-order valence-corrected chi connectivity index (χ0v) is 35.9. The number of thioether (sulfide) groups is 2. The first kappa shape index (κ1) is 51.6. The van der Waals surface area contributed by atoms with Crippen molar-refractivity contribution in [2.75, 3.05) is 52.9 Å². The molecular formula is C40H44N2O18S2. The molecule has 2 rings (SSSR count). The number of hydrogen-bond acceptors (Lipinski definition) is 21. The summed E-state index contributed by atoms with van der Waals surface area (Å²) in [6, 6.07) is 4.26. The Morgan fingerprint density at radius 2 is 0.952 bits per heavy atom. The third kappa shape index (κ3) is 19.7. The highest BCUT2D eigenvalue weighted by Gasteiger charge is 2.31. The molecule has 0 saturated carbocycles. The van der Waals surface area contributed by atoms with E-state index in [0.29, 0.717) is 0 Å². The Labute approximate surface area is 364 Å². The Bertz CT molecular complexity index is 1860. The molecule has 1 aromatic rings. The molecule has 0 bridgehead atoms. The number of nitriles is 1. The van der Waals surface area contributed by atoms with Gasteiger partial charge in [-0.3, -0.25) is 19.2 Å². The molecule has 62 heavy (non-hydrogen) atoms. The van der Waals surface area contributed by atoms with E-state index < -0.39 is 72.2 Å². The second kappa shape index (κ2) is 26.0. The zero-order valence-electron chi connectivity index (χ0n) is 34.3. The van der Waals surface area contributed by atoms with Gasteiger partial charge in [0, 0.05) is 23.0 Å². The van der Waals surface area contributed by atoms with Gasteiger partial charge in [0.15, 0.2) is 0 Å². The van der Waals surface area contributed by atoms with E-state index in [1.54, 1.807) is 33.8 Å². The topological polar surface area (TPSA) is 257 Å². The smallest absolute Gasteiger partial charge is 0.465 e. The first-order chi connectivity index (χ1) is 29.3. The summed E-state index contributed by atoms with van der Waals surface area (Å²) in [4.78, 5) is 99.3. The summed E-state index contributed by atoms with van der Waals surface area (Å²) >= 11 is 1.78. The van der Waals surface area contributed by atoms with Crippen molar-refractivity contribution in [2.45, 2.75) is 63.2 Å². The van der Waals surface area contributed by atoms with Gasteiger partial charge in [-0.1, -0.05) is 64.4 Å². The average Bonchev–Trinajstić information content (AvgIpc) is 3.69. The van der Waals surface area contributed by atoms with E-state index in [-0.39, 0.29) is 96.5 Å². The normalized spacial score (nSPS) is 11.5. The van der Waals surface area contributed by atoms with Crippen LogP contribution in [0.4, 0.5) is 9.59 Å². The highest BCUT2D eigenvalue weighted by Crippen LogP contribution is 2.59. The fourth-order valence-electron chi connectivity index (χ4n) is 4.08. The number of benzene rings is 1. The standard InChI is InChI=1S/C40H44N2O18S2/c1-8-28(43)55-21-39(3,4)23-57-32(47)14-12-30(45)51-16-18-53-37(49)59-26-10-11-27(35-34(26)61-36(62-35)25(20-41)42-7)60-38(50)54-19-17-52-31(46)13-15-33(48)58-24-40(5,6)22-56-29(44)9-2/h8-11H,1-2,12-19,21-24H2,3-6H3. The molecule has 1 aliphatic rings. The van der Waals surface area contributed by atoms with Crippen LogP contribution in [0.2, 0.25) is 0 Å². The summed E-state index contributed by atoms with van der Waals surface area (Å²) in [7, 11) is 0. The maximum atomic E-state index is 12.5. The monoisotopic (exact) mass is 904 g/mol. The lowest BCUT2D eigenvalue weighted by molar-refractivity contribution is -0.154. The second-order valence-electron chi connectivity index (χ2n) is 13.9. The number of allylic oxidation sites excluding steroid dienone is 1. The first-order valence-corrected chi connectivity index (χ1v) is 19.9. The molecule has 0 N–H and O–H groups in total. The maximum Gasteiger partial charge on any atom is 0.514 e. The van der Waals surface area contributed by atoms with Crippen LogP contribution in [0, 0.1) is 28.7 Å². The quantitative estimate of drug-likeness (QED) is 0.0227. The zero-order chi connectivity index (χ0) is 46.3. The van der Waals surface area contributed by atoms with Crippen molar-refractivity contribution in [3.05, 3.63) is 58.8 Å². The van der Waals surface area contributed by atoms with E-state index in [4.69, 9.17) is 53.9 Å². The Morgan fingerprint density at radius 3 is 1.29 bits per heavy atom. The first-order valence-electron chi connectivity index (χ1n) is 18.3. The SMILES string of the molecule is [C-]#[N+]C(C#N)=C1Sc2c(OC(=O)OCCOC(=O)CCC(=O)OCC(C)(C)COC(=O)C=C)ccc(OC(=O)OCCOC(=O)CCC(=O)OCC(C)(C)COC(=O)C=C)c2S1. The van der Waals surface area contributed by atoms with Gasteiger partial charge in [0.05, 0.1) is 78.8 Å². The van der Waals surface area contributed by atoms with Crippen molar-refractivity contribution in [1.29, 1.82) is 5.26 Å². The lowest BCUT2D eigenvalue weighted by Crippen LogP contribution is -2.28. The molecule has 0 fully saturated rings. The maximum absolute atomic E-state index is 12.5. The van der Waals surface area contributed by atoms with Crippen LogP contribution in [-0.4, -0.2) is 101 Å². The van der Waals surface area contributed by atoms with Crippen LogP contribution in [0.15, 0.2) is 57.2 Å². The van der Waals surface area contributed by atoms with Gasteiger partial charge in [0.2, 0.25) is 0 Å². The summed E-state index contributed by atoms with van der Waals surface area (Å²) in [6.45, 7) is 18.9. The summed E-state index contributed by atoms with van der Waals surface area (Å²) in [6.07, 6.45) is -1.64. The molecule has 22 heteroatoms. The van der Waals surface area contributed by atoms with Gasteiger partial charge in [0.1, 0.15) is 37.9 Å². The number of rotatable bonds is 24. The molecule has 0 amide bonds. The van der Waals surface area contributed by atoms with Gasteiger partial charge in [-0.05, 0) is 12.1 Å². The molecule has 0 atom stereocenters. The molecule has 0 saturated heterocycles. The van der Waals surface area contributed by atoms with Gasteiger partial charge in [0.25, 0.3) is 5.70 Å². The third-order valence-corrected chi connectivity index (χ3v) is 9.82. The Hall–Kier alpha value is -6.52. The molecule has 0 unspecified atom stereocenters. The molecule has 334 valence electrons. The largest absolute Gasteiger partial charge is 0.514 e. The summed E-state index contributed by atoms with van der Waals surface area (Å²) in [5.74, 6) is -4.33. The fraction of sp³-hybridized carbons (Fsp3) is 0.450. The van der Waals surface area contributed by atoms with Gasteiger partial charge >= 0.3 is 48.1 Å². The van der Waals surface area contributed by atoms with Crippen molar-refractivity contribution >= 4 is 71.7 Å². The van der Waals surface area contributed by atoms with Crippen molar-refractivity contribution < 1.29 is 85.7 Å². The molecule has 1 heterocycles. The Morgan fingerprint density at radius 1 is 0.613 bits per heavy atom. The molecule has 0 radical (unpaired) electrons. The number of carbonyl (C=O) groups is 8. The Kier molecular flexibility index (Phi) is 21.6. The Balaban J connectivity index is 1.82. The van der Waals surface area contributed by atoms with Gasteiger partial charge < -0.3 is 47.4 Å². The average molecular weight is 905 g/mol. The number of esters is 6. The van der Waals surface area contributed by atoms with Crippen molar-refractivity contribution in [3.63, 3.8) is 0 Å². The lowest BCUT2D eigenvalue weighted by Gasteiger charge is -2.23.